The zero-order valence-corrected chi connectivity index (χ0v) is 17.9. The molecule has 3 amide bonds. The summed E-state index contributed by atoms with van der Waals surface area (Å²) in [6.45, 7) is 1.41. The monoisotopic (exact) mass is 448 g/mol. The van der Waals surface area contributed by atoms with Crippen LogP contribution in [0.3, 0.4) is 0 Å². The number of para-hydroxylation sites is 2. The number of rotatable bonds is 7. The van der Waals surface area contributed by atoms with Gasteiger partial charge in [-0.3, -0.25) is 19.3 Å². The molecule has 0 aliphatic carbocycles. The minimum atomic E-state index is -1.12. The zero-order valence-electron chi connectivity index (χ0n) is 17.9. The molecule has 1 aliphatic heterocycles. The standard InChI is InChI=1S/C24H20N2O7/c1-14(21(27)25-19-7-3-4-8-20(19)31-2)33-24(30)15-9-10-17-18(12-15)23(29)26(22(17)28)13-16-6-5-11-32-16/h3-12,14H,13H2,1-2H3,(H,25,27). The summed E-state index contributed by atoms with van der Waals surface area (Å²) in [5.41, 5.74) is 0.759. The molecule has 2 heterocycles. The second-order valence-electron chi connectivity index (χ2n) is 7.27. The number of imide groups is 1. The van der Waals surface area contributed by atoms with Crippen molar-refractivity contribution in [2.24, 2.45) is 0 Å². The smallest absolute Gasteiger partial charge is 0.338 e. The van der Waals surface area contributed by atoms with Gasteiger partial charge in [0.1, 0.15) is 11.5 Å². The first kappa shape index (κ1) is 21.8. The minimum Gasteiger partial charge on any atom is -0.495 e. The van der Waals surface area contributed by atoms with Crippen LogP contribution in [0.1, 0.15) is 43.8 Å². The Balaban J connectivity index is 1.45. The van der Waals surface area contributed by atoms with Crippen molar-refractivity contribution < 1.29 is 33.1 Å². The lowest BCUT2D eigenvalue weighted by Gasteiger charge is -2.15. The lowest BCUT2D eigenvalue weighted by atomic mass is 10.1. The number of carbonyl (C=O) groups is 4. The highest BCUT2D eigenvalue weighted by Gasteiger charge is 2.36. The lowest BCUT2D eigenvalue weighted by molar-refractivity contribution is -0.123. The van der Waals surface area contributed by atoms with Crippen LogP contribution in [0.5, 0.6) is 5.75 Å². The van der Waals surface area contributed by atoms with Gasteiger partial charge in [-0.05, 0) is 49.4 Å². The molecule has 1 N–H and O–H groups in total. The fourth-order valence-electron chi connectivity index (χ4n) is 3.38. The Kier molecular flexibility index (Phi) is 5.95. The van der Waals surface area contributed by atoms with Crippen molar-refractivity contribution in [3.8, 4) is 5.75 Å². The van der Waals surface area contributed by atoms with Crippen molar-refractivity contribution in [2.75, 3.05) is 12.4 Å². The zero-order chi connectivity index (χ0) is 23.5. The van der Waals surface area contributed by atoms with Crippen molar-refractivity contribution in [3.63, 3.8) is 0 Å². The second kappa shape index (κ2) is 8.99. The summed E-state index contributed by atoms with van der Waals surface area (Å²) in [6, 6.07) is 14.2. The molecule has 1 atom stereocenters. The number of nitrogens with one attached hydrogen (secondary N) is 1. The molecule has 2 aromatic carbocycles. The molecular formula is C24H20N2O7. The first-order chi connectivity index (χ1) is 15.9. The van der Waals surface area contributed by atoms with E-state index in [1.54, 1.807) is 36.4 Å². The first-order valence-corrected chi connectivity index (χ1v) is 10.1. The number of hydrogen-bond acceptors (Lipinski definition) is 7. The third-order valence-corrected chi connectivity index (χ3v) is 5.12. The van der Waals surface area contributed by atoms with E-state index in [1.165, 1.54) is 38.5 Å². The van der Waals surface area contributed by atoms with E-state index >= 15 is 0 Å². The molecule has 0 bridgehead atoms. The van der Waals surface area contributed by atoms with Crippen LogP contribution in [-0.2, 0) is 16.1 Å². The first-order valence-electron chi connectivity index (χ1n) is 10.1. The van der Waals surface area contributed by atoms with Gasteiger partial charge in [-0.1, -0.05) is 12.1 Å². The number of benzene rings is 2. The maximum atomic E-state index is 12.7. The van der Waals surface area contributed by atoms with E-state index in [0.717, 1.165) is 4.90 Å². The molecule has 168 valence electrons. The Bertz CT molecular complexity index is 1230. The van der Waals surface area contributed by atoms with Crippen molar-refractivity contribution >= 4 is 29.4 Å². The predicted octanol–water partition coefficient (Wildman–Crippen LogP) is 3.27. The summed E-state index contributed by atoms with van der Waals surface area (Å²) in [7, 11) is 1.48. The number of amides is 3. The van der Waals surface area contributed by atoms with Crippen LogP contribution in [0.2, 0.25) is 0 Å². The highest BCUT2D eigenvalue weighted by Crippen LogP contribution is 2.27. The molecule has 1 aromatic heterocycles. The number of furan rings is 1. The Morgan fingerprint density at radius 3 is 2.52 bits per heavy atom. The maximum absolute atomic E-state index is 12.7. The van der Waals surface area contributed by atoms with E-state index in [1.807, 2.05) is 0 Å². The number of ether oxygens (including phenoxy) is 2. The van der Waals surface area contributed by atoms with Crippen LogP contribution in [0, 0.1) is 0 Å². The van der Waals surface area contributed by atoms with Gasteiger partial charge >= 0.3 is 5.97 Å². The maximum Gasteiger partial charge on any atom is 0.338 e. The van der Waals surface area contributed by atoms with Crippen LogP contribution in [0.15, 0.2) is 65.3 Å². The number of carbonyl (C=O) groups excluding carboxylic acids is 4. The average molecular weight is 448 g/mol. The van der Waals surface area contributed by atoms with E-state index in [-0.39, 0.29) is 23.2 Å². The molecule has 0 saturated carbocycles. The largest absolute Gasteiger partial charge is 0.495 e. The summed E-state index contributed by atoms with van der Waals surface area (Å²) < 4.78 is 15.7. The van der Waals surface area contributed by atoms with Crippen LogP contribution in [-0.4, -0.2) is 41.8 Å². The van der Waals surface area contributed by atoms with Crippen LogP contribution in [0.25, 0.3) is 0 Å². The summed E-state index contributed by atoms with van der Waals surface area (Å²) in [4.78, 5) is 51.4. The average Bonchev–Trinajstić information content (AvgIpc) is 3.42. The number of nitrogens with zero attached hydrogens (tertiary/aromatic N) is 1. The van der Waals surface area contributed by atoms with E-state index in [9.17, 15) is 19.2 Å². The molecular weight excluding hydrogens is 428 g/mol. The number of methoxy groups -OCH3 is 1. The SMILES string of the molecule is COc1ccccc1NC(=O)C(C)OC(=O)c1ccc2c(c1)C(=O)N(Cc1ccco1)C2=O. The molecule has 33 heavy (non-hydrogen) atoms. The molecule has 4 rings (SSSR count). The third kappa shape index (κ3) is 4.33. The number of esters is 1. The number of hydrogen-bond donors (Lipinski definition) is 1. The number of fused-ring (bicyclic) bond motifs is 1. The van der Waals surface area contributed by atoms with Crippen molar-refractivity contribution in [1.82, 2.24) is 4.90 Å². The molecule has 0 spiro atoms. The third-order valence-electron chi connectivity index (χ3n) is 5.12. The molecule has 0 radical (unpaired) electrons. The van der Waals surface area contributed by atoms with Gasteiger partial charge in [0.05, 0.1) is 42.3 Å². The molecule has 0 fully saturated rings. The molecule has 3 aromatic rings. The van der Waals surface area contributed by atoms with E-state index in [2.05, 4.69) is 5.32 Å². The van der Waals surface area contributed by atoms with Gasteiger partial charge in [-0.25, -0.2) is 4.79 Å². The van der Waals surface area contributed by atoms with Gasteiger partial charge in [0, 0.05) is 0 Å². The molecule has 9 nitrogen and oxygen atoms in total. The van der Waals surface area contributed by atoms with Gasteiger partial charge in [0.15, 0.2) is 6.10 Å². The van der Waals surface area contributed by atoms with Crippen molar-refractivity contribution in [1.29, 1.82) is 0 Å². The van der Waals surface area contributed by atoms with Crippen LogP contribution in [0.4, 0.5) is 5.69 Å². The Labute approximate surface area is 188 Å². The summed E-state index contributed by atoms with van der Waals surface area (Å²) in [6.07, 6.45) is 0.329. The highest BCUT2D eigenvalue weighted by atomic mass is 16.5. The predicted molar refractivity (Wildman–Crippen MR) is 116 cm³/mol. The second-order valence-corrected chi connectivity index (χ2v) is 7.27. The van der Waals surface area contributed by atoms with Gasteiger partial charge in [-0.2, -0.15) is 0 Å². The Hall–Kier alpha value is -4.40. The Morgan fingerprint density at radius 1 is 1.03 bits per heavy atom. The van der Waals surface area contributed by atoms with Crippen LogP contribution >= 0.6 is 0 Å². The van der Waals surface area contributed by atoms with Gasteiger partial charge in [-0.15, -0.1) is 0 Å². The summed E-state index contributed by atoms with van der Waals surface area (Å²) >= 11 is 0. The highest BCUT2D eigenvalue weighted by molar-refractivity contribution is 6.21. The van der Waals surface area contributed by atoms with Gasteiger partial charge in [0.2, 0.25) is 0 Å². The quantitative estimate of drug-likeness (QED) is 0.436. The molecule has 9 heteroatoms. The van der Waals surface area contributed by atoms with Crippen LogP contribution < -0.4 is 10.1 Å². The molecule has 1 unspecified atom stereocenters. The lowest BCUT2D eigenvalue weighted by Crippen LogP contribution is -2.30. The minimum absolute atomic E-state index is 0.0146. The fourth-order valence-corrected chi connectivity index (χ4v) is 3.38. The van der Waals surface area contributed by atoms with Crippen molar-refractivity contribution in [3.05, 3.63) is 83.3 Å². The van der Waals surface area contributed by atoms with E-state index in [0.29, 0.717) is 17.2 Å². The molecule has 1 aliphatic rings. The summed E-state index contributed by atoms with van der Waals surface area (Å²) in [5, 5.41) is 2.64. The van der Waals surface area contributed by atoms with Crippen molar-refractivity contribution in [2.45, 2.75) is 19.6 Å². The van der Waals surface area contributed by atoms with E-state index in [4.69, 9.17) is 13.9 Å². The molecule has 0 saturated heterocycles. The van der Waals surface area contributed by atoms with Gasteiger partial charge < -0.3 is 19.2 Å². The topological polar surface area (TPSA) is 115 Å². The number of anilines is 1. The fraction of sp³-hybridized carbons (Fsp3) is 0.167. The Morgan fingerprint density at radius 2 is 1.79 bits per heavy atom. The van der Waals surface area contributed by atoms with Gasteiger partial charge in [0.25, 0.3) is 17.7 Å². The normalized spacial score (nSPS) is 13.5. The summed E-state index contributed by atoms with van der Waals surface area (Å²) in [5.74, 6) is -1.45. The van der Waals surface area contributed by atoms with E-state index < -0.39 is 29.8 Å².